The van der Waals surface area contributed by atoms with Crippen LogP contribution in [-0.2, 0) is 0 Å². The number of para-hydroxylation sites is 2. The Morgan fingerprint density at radius 3 is 2.37 bits per heavy atom. The van der Waals surface area contributed by atoms with E-state index >= 15 is 0 Å². The van der Waals surface area contributed by atoms with E-state index in [-0.39, 0.29) is 18.6 Å². The summed E-state index contributed by atoms with van der Waals surface area (Å²) in [6.45, 7) is 8.18. The molecule has 0 aliphatic rings. The van der Waals surface area contributed by atoms with E-state index in [1.54, 1.807) is 0 Å². The maximum absolute atomic E-state index is 9.05. The van der Waals surface area contributed by atoms with Gasteiger partial charge in [0.25, 0.3) is 0 Å². The molecule has 0 saturated carbocycles. The topological polar surface area (TPSA) is 50.7 Å². The Morgan fingerprint density at radius 2 is 1.79 bits per heavy atom. The Bertz CT molecular complexity index is 357. The minimum Gasteiger partial charge on any atom is -0.490 e. The van der Waals surface area contributed by atoms with Crippen molar-refractivity contribution in [2.75, 3.05) is 26.4 Å². The normalized spacial score (nSPS) is 13.9. The van der Waals surface area contributed by atoms with E-state index in [4.69, 9.17) is 14.6 Å². The van der Waals surface area contributed by atoms with Crippen molar-refractivity contribution in [3.63, 3.8) is 0 Å². The second-order valence-corrected chi connectivity index (χ2v) is 4.63. The Hall–Kier alpha value is -1.26. The molecule has 2 unspecified atom stereocenters. The molecule has 0 bridgehead atoms. The third kappa shape index (κ3) is 5.49. The number of aliphatic hydroxyl groups excluding tert-OH is 1. The highest BCUT2D eigenvalue weighted by Gasteiger charge is 2.10. The summed E-state index contributed by atoms with van der Waals surface area (Å²) in [5.74, 6) is 1.80. The van der Waals surface area contributed by atoms with E-state index in [0.29, 0.717) is 13.2 Å². The van der Waals surface area contributed by atoms with E-state index in [9.17, 15) is 0 Å². The van der Waals surface area contributed by atoms with Crippen molar-refractivity contribution < 1.29 is 14.6 Å². The quantitative estimate of drug-likeness (QED) is 0.673. The molecule has 0 aromatic heterocycles. The van der Waals surface area contributed by atoms with Crippen molar-refractivity contribution in [1.82, 2.24) is 5.32 Å². The third-order valence-corrected chi connectivity index (χ3v) is 3.12. The van der Waals surface area contributed by atoms with Gasteiger partial charge in [-0.05, 0) is 31.9 Å². The maximum Gasteiger partial charge on any atom is 0.161 e. The largest absolute Gasteiger partial charge is 0.490 e. The van der Waals surface area contributed by atoms with Gasteiger partial charge in [-0.15, -0.1) is 0 Å². The van der Waals surface area contributed by atoms with Gasteiger partial charge < -0.3 is 19.9 Å². The highest BCUT2D eigenvalue weighted by Crippen LogP contribution is 2.25. The van der Waals surface area contributed by atoms with Crippen LogP contribution in [0.25, 0.3) is 0 Å². The summed E-state index contributed by atoms with van der Waals surface area (Å²) in [5.41, 5.74) is 0. The van der Waals surface area contributed by atoms with Crippen molar-refractivity contribution in [3.05, 3.63) is 24.3 Å². The van der Waals surface area contributed by atoms with E-state index in [1.165, 1.54) is 0 Å². The third-order valence-electron chi connectivity index (χ3n) is 3.12. The fraction of sp³-hybridized carbons (Fsp3) is 0.600. The monoisotopic (exact) mass is 267 g/mol. The van der Waals surface area contributed by atoms with Crippen LogP contribution in [0.1, 0.15) is 20.8 Å². The molecule has 0 saturated heterocycles. The van der Waals surface area contributed by atoms with Crippen LogP contribution in [0.4, 0.5) is 0 Å². The standard InChI is InChI=1S/C15H25NO3/c1-4-18-14-7-5-6-8-15(14)19-10-9-16-13(3)12(2)11-17/h5-8,12-13,16-17H,4,9-11H2,1-3H3. The number of rotatable bonds is 9. The molecule has 1 rings (SSSR count). The van der Waals surface area contributed by atoms with E-state index in [0.717, 1.165) is 18.0 Å². The molecule has 0 aliphatic heterocycles. The molecule has 0 heterocycles. The first-order valence-electron chi connectivity index (χ1n) is 6.87. The van der Waals surface area contributed by atoms with Crippen LogP contribution in [0.15, 0.2) is 24.3 Å². The molecule has 4 heteroatoms. The lowest BCUT2D eigenvalue weighted by Crippen LogP contribution is -2.36. The predicted molar refractivity (Wildman–Crippen MR) is 76.8 cm³/mol. The van der Waals surface area contributed by atoms with Gasteiger partial charge in [-0.25, -0.2) is 0 Å². The Kier molecular flexibility index (Phi) is 7.30. The Labute approximate surface area is 115 Å². The second-order valence-electron chi connectivity index (χ2n) is 4.63. The highest BCUT2D eigenvalue weighted by molar-refractivity contribution is 5.39. The molecule has 0 aliphatic carbocycles. The van der Waals surface area contributed by atoms with Crippen LogP contribution in [-0.4, -0.2) is 37.5 Å². The van der Waals surface area contributed by atoms with E-state index in [2.05, 4.69) is 12.2 Å². The van der Waals surface area contributed by atoms with Gasteiger partial charge in [-0.2, -0.15) is 0 Å². The van der Waals surface area contributed by atoms with Crippen LogP contribution in [0.5, 0.6) is 11.5 Å². The summed E-state index contributed by atoms with van der Waals surface area (Å²) in [4.78, 5) is 0. The van der Waals surface area contributed by atoms with Crippen LogP contribution >= 0.6 is 0 Å². The van der Waals surface area contributed by atoms with Crippen LogP contribution in [0.2, 0.25) is 0 Å². The van der Waals surface area contributed by atoms with Crippen molar-refractivity contribution in [2.24, 2.45) is 5.92 Å². The zero-order valence-electron chi connectivity index (χ0n) is 12.1. The first-order chi connectivity index (χ1) is 9.19. The molecular weight excluding hydrogens is 242 g/mol. The molecule has 0 fully saturated rings. The summed E-state index contributed by atoms with van der Waals surface area (Å²) < 4.78 is 11.2. The smallest absolute Gasteiger partial charge is 0.161 e. The highest BCUT2D eigenvalue weighted by atomic mass is 16.5. The summed E-state index contributed by atoms with van der Waals surface area (Å²) in [5, 5.41) is 12.4. The zero-order valence-corrected chi connectivity index (χ0v) is 12.1. The number of aliphatic hydroxyl groups is 1. The number of hydrogen-bond donors (Lipinski definition) is 2. The number of hydrogen-bond acceptors (Lipinski definition) is 4. The lowest BCUT2D eigenvalue weighted by atomic mass is 10.1. The van der Waals surface area contributed by atoms with Crippen LogP contribution in [0.3, 0.4) is 0 Å². The van der Waals surface area contributed by atoms with Crippen molar-refractivity contribution in [3.8, 4) is 11.5 Å². The SMILES string of the molecule is CCOc1ccccc1OCCNC(C)C(C)CO. The maximum atomic E-state index is 9.05. The van der Waals surface area contributed by atoms with Gasteiger partial charge in [0.15, 0.2) is 11.5 Å². The van der Waals surface area contributed by atoms with Crippen LogP contribution in [0, 0.1) is 5.92 Å². The first kappa shape index (κ1) is 15.8. The average molecular weight is 267 g/mol. The summed E-state index contributed by atoms with van der Waals surface area (Å²) in [6.07, 6.45) is 0. The Balaban J connectivity index is 2.33. The number of benzene rings is 1. The molecule has 108 valence electrons. The minimum absolute atomic E-state index is 0.197. The lowest BCUT2D eigenvalue weighted by Gasteiger charge is -2.19. The van der Waals surface area contributed by atoms with Gasteiger partial charge in [-0.1, -0.05) is 19.1 Å². The summed E-state index contributed by atoms with van der Waals surface area (Å²) >= 11 is 0. The Morgan fingerprint density at radius 1 is 1.16 bits per heavy atom. The zero-order chi connectivity index (χ0) is 14.1. The molecule has 0 amide bonds. The minimum atomic E-state index is 0.197. The molecule has 19 heavy (non-hydrogen) atoms. The van der Waals surface area contributed by atoms with Crippen molar-refractivity contribution >= 4 is 0 Å². The molecule has 1 aromatic rings. The molecule has 1 aromatic carbocycles. The fourth-order valence-corrected chi connectivity index (χ4v) is 1.65. The van der Waals surface area contributed by atoms with E-state index in [1.807, 2.05) is 38.1 Å². The summed E-state index contributed by atoms with van der Waals surface area (Å²) in [6, 6.07) is 7.95. The predicted octanol–water partition coefficient (Wildman–Crippen LogP) is 2.07. The fourth-order valence-electron chi connectivity index (χ4n) is 1.65. The van der Waals surface area contributed by atoms with Gasteiger partial charge >= 0.3 is 0 Å². The first-order valence-corrected chi connectivity index (χ1v) is 6.87. The number of nitrogens with one attached hydrogen (secondary N) is 1. The van der Waals surface area contributed by atoms with Gasteiger partial charge in [0, 0.05) is 19.2 Å². The van der Waals surface area contributed by atoms with Crippen LogP contribution < -0.4 is 14.8 Å². The molecule has 2 atom stereocenters. The molecule has 2 N–H and O–H groups in total. The van der Waals surface area contributed by atoms with Gasteiger partial charge in [0.1, 0.15) is 6.61 Å². The van der Waals surface area contributed by atoms with Gasteiger partial charge in [0.2, 0.25) is 0 Å². The molecule has 0 spiro atoms. The molecule has 0 radical (unpaired) electrons. The van der Waals surface area contributed by atoms with Crippen molar-refractivity contribution in [1.29, 1.82) is 0 Å². The van der Waals surface area contributed by atoms with Gasteiger partial charge in [0.05, 0.1) is 6.61 Å². The summed E-state index contributed by atoms with van der Waals surface area (Å²) in [7, 11) is 0. The van der Waals surface area contributed by atoms with Gasteiger partial charge in [-0.3, -0.25) is 0 Å². The number of ether oxygens (including phenoxy) is 2. The molecule has 4 nitrogen and oxygen atoms in total. The van der Waals surface area contributed by atoms with Crippen molar-refractivity contribution in [2.45, 2.75) is 26.8 Å². The average Bonchev–Trinajstić information content (AvgIpc) is 2.44. The van der Waals surface area contributed by atoms with E-state index < -0.39 is 0 Å². The molecular formula is C15H25NO3. The second kappa shape index (κ2) is 8.77. The lowest BCUT2D eigenvalue weighted by molar-refractivity contribution is 0.201.